The molecule has 7 heteroatoms. The van der Waals surface area contributed by atoms with E-state index >= 15 is 0 Å². The van der Waals surface area contributed by atoms with Crippen molar-refractivity contribution in [1.82, 2.24) is 15.5 Å². The Morgan fingerprint density at radius 2 is 1.97 bits per heavy atom. The van der Waals surface area contributed by atoms with Crippen molar-refractivity contribution in [3.8, 4) is 0 Å². The van der Waals surface area contributed by atoms with E-state index in [4.69, 9.17) is 4.52 Å². The van der Waals surface area contributed by atoms with Crippen molar-refractivity contribution >= 4 is 17.5 Å². The van der Waals surface area contributed by atoms with E-state index in [-0.39, 0.29) is 24.2 Å². The molecule has 1 aliphatic heterocycles. The van der Waals surface area contributed by atoms with Crippen molar-refractivity contribution < 1.29 is 14.1 Å². The third-order valence-corrected chi connectivity index (χ3v) is 6.91. The Balaban J connectivity index is 1.33. The highest BCUT2D eigenvalue weighted by atomic mass is 16.5. The van der Waals surface area contributed by atoms with Gasteiger partial charge in [0.15, 0.2) is 5.82 Å². The van der Waals surface area contributed by atoms with E-state index in [0.29, 0.717) is 18.3 Å². The number of nitrogens with one attached hydrogen (secondary N) is 1. The summed E-state index contributed by atoms with van der Waals surface area (Å²) >= 11 is 0. The summed E-state index contributed by atoms with van der Waals surface area (Å²) in [5.41, 5.74) is 3.05. The van der Waals surface area contributed by atoms with E-state index < -0.39 is 5.54 Å². The average Bonchev–Trinajstić information content (AvgIpc) is 3.47. The molecule has 3 aliphatic rings. The van der Waals surface area contributed by atoms with Gasteiger partial charge in [0.2, 0.25) is 17.7 Å². The third kappa shape index (κ3) is 3.40. The largest absolute Gasteiger partial charge is 0.343 e. The Hall–Kier alpha value is -2.70. The maximum atomic E-state index is 13.2. The smallest absolute Gasteiger partial charge is 0.227 e. The number of hydrogen-bond donors (Lipinski definition) is 1. The third-order valence-electron chi connectivity index (χ3n) is 6.91. The zero-order chi connectivity index (χ0) is 20.7. The quantitative estimate of drug-likeness (QED) is 0.839. The zero-order valence-corrected chi connectivity index (χ0v) is 17.4. The minimum atomic E-state index is -0.586. The number of carbonyl (C=O) groups is 2. The van der Waals surface area contributed by atoms with E-state index in [1.54, 1.807) is 11.8 Å². The van der Waals surface area contributed by atoms with Crippen molar-refractivity contribution in [2.24, 2.45) is 5.92 Å². The van der Waals surface area contributed by atoms with Crippen LogP contribution in [0.25, 0.3) is 0 Å². The molecule has 2 amide bonds. The average molecular weight is 409 g/mol. The molecule has 5 rings (SSSR count). The number of rotatable bonds is 4. The van der Waals surface area contributed by atoms with Gasteiger partial charge in [-0.05, 0) is 55.4 Å². The topological polar surface area (TPSA) is 88.3 Å². The number of fused-ring (bicyclic) bond motifs is 1. The first-order valence-electron chi connectivity index (χ1n) is 11.1. The highest BCUT2D eigenvalue weighted by Gasteiger charge is 2.43. The second kappa shape index (κ2) is 7.52. The number of anilines is 1. The lowest BCUT2D eigenvalue weighted by molar-refractivity contribution is -0.128. The van der Waals surface area contributed by atoms with Crippen molar-refractivity contribution in [3.05, 3.63) is 41.0 Å². The van der Waals surface area contributed by atoms with Gasteiger partial charge in [-0.25, -0.2) is 0 Å². The summed E-state index contributed by atoms with van der Waals surface area (Å²) in [4.78, 5) is 32.2. The highest BCUT2D eigenvalue weighted by Crippen LogP contribution is 2.37. The summed E-state index contributed by atoms with van der Waals surface area (Å²) < 4.78 is 5.20. The van der Waals surface area contributed by atoms with Gasteiger partial charge in [0.1, 0.15) is 5.54 Å². The minimum absolute atomic E-state index is 0.0150. The molecular weight excluding hydrogens is 380 g/mol. The van der Waals surface area contributed by atoms with Gasteiger partial charge in [-0.2, -0.15) is 4.98 Å². The predicted molar refractivity (Wildman–Crippen MR) is 111 cm³/mol. The van der Waals surface area contributed by atoms with Crippen LogP contribution in [0.5, 0.6) is 0 Å². The summed E-state index contributed by atoms with van der Waals surface area (Å²) in [7, 11) is 0. The van der Waals surface area contributed by atoms with Gasteiger partial charge in [-0.1, -0.05) is 30.5 Å². The Morgan fingerprint density at radius 3 is 2.73 bits per heavy atom. The van der Waals surface area contributed by atoms with Crippen molar-refractivity contribution in [1.29, 1.82) is 0 Å². The molecule has 158 valence electrons. The molecule has 0 unspecified atom stereocenters. The fourth-order valence-corrected chi connectivity index (χ4v) is 5.25. The van der Waals surface area contributed by atoms with Crippen molar-refractivity contribution in [2.75, 3.05) is 11.4 Å². The second-order valence-corrected chi connectivity index (χ2v) is 8.98. The van der Waals surface area contributed by atoms with Crippen LogP contribution in [0.3, 0.4) is 0 Å². The summed E-state index contributed by atoms with van der Waals surface area (Å²) in [6.45, 7) is 2.18. The molecule has 0 radical (unpaired) electrons. The number of nitrogens with zero attached hydrogens (tertiary/aromatic N) is 3. The van der Waals surface area contributed by atoms with E-state index in [1.807, 2.05) is 6.07 Å². The summed E-state index contributed by atoms with van der Waals surface area (Å²) in [5.74, 6) is 0.631. The lowest BCUT2D eigenvalue weighted by Gasteiger charge is -2.36. The van der Waals surface area contributed by atoms with Gasteiger partial charge in [0.05, 0.1) is 5.92 Å². The fourth-order valence-electron chi connectivity index (χ4n) is 5.25. The highest BCUT2D eigenvalue weighted by molar-refractivity contribution is 6.00. The lowest BCUT2D eigenvalue weighted by atomic mass is 9.80. The first kappa shape index (κ1) is 19.3. The van der Waals surface area contributed by atoms with Gasteiger partial charge in [0.25, 0.3) is 0 Å². The normalized spacial score (nSPS) is 22.9. The lowest BCUT2D eigenvalue weighted by Crippen LogP contribution is -2.50. The van der Waals surface area contributed by atoms with Crippen LogP contribution in [0.2, 0.25) is 0 Å². The monoisotopic (exact) mass is 408 g/mol. The van der Waals surface area contributed by atoms with E-state index in [1.165, 1.54) is 17.5 Å². The van der Waals surface area contributed by atoms with Gasteiger partial charge in [-0.15, -0.1) is 0 Å². The number of aromatic nitrogens is 2. The maximum absolute atomic E-state index is 13.2. The molecule has 30 heavy (non-hydrogen) atoms. The van der Waals surface area contributed by atoms with Crippen LogP contribution >= 0.6 is 0 Å². The number of aryl methyl sites for hydroxylation is 3. The summed E-state index contributed by atoms with van der Waals surface area (Å²) in [6, 6.07) is 6.28. The zero-order valence-electron chi connectivity index (χ0n) is 17.4. The fraction of sp³-hybridized carbons (Fsp3) is 0.565. The molecule has 0 spiro atoms. The first-order chi connectivity index (χ1) is 14.5. The molecule has 2 fully saturated rings. The Morgan fingerprint density at radius 1 is 1.17 bits per heavy atom. The molecule has 2 heterocycles. The molecule has 1 N–H and O–H groups in total. The van der Waals surface area contributed by atoms with Crippen molar-refractivity contribution in [3.63, 3.8) is 0 Å². The summed E-state index contributed by atoms with van der Waals surface area (Å²) in [5, 5.41) is 7.36. The van der Waals surface area contributed by atoms with Crippen LogP contribution < -0.4 is 10.2 Å². The van der Waals surface area contributed by atoms with E-state index in [0.717, 1.165) is 50.6 Å². The van der Waals surface area contributed by atoms with E-state index in [2.05, 4.69) is 27.6 Å². The molecule has 1 saturated carbocycles. The van der Waals surface area contributed by atoms with Crippen LogP contribution in [-0.2, 0) is 28.0 Å². The van der Waals surface area contributed by atoms with Crippen LogP contribution in [-0.4, -0.2) is 28.5 Å². The standard InChI is InChI=1S/C23H28N4O3/c1-15-24-22(26-30-15)23(10-3-2-4-11-23)25-21(29)18-13-20(28)27(14-18)19-9-8-16-6-5-7-17(16)12-19/h8-9,12,18H,2-7,10-11,13-14H2,1H3,(H,25,29)/t18-/m1/s1. The summed E-state index contributed by atoms with van der Waals surface area (Å²) in [6.07, 6.45) is 8.37. The molecule has 1 atom stereocenters. The van der Waals surface area contributed by atoms with Crippen molar-refractivity contribution in [2.45, 2.75) is 70.3 Å². The van der Waals surface area contributed by atoms with Crippen LogP contribution in [0.15, 0.2) is 22.7 Å². The minimum Gasteiger partial charge on any atom is -0.343 e. The molecule has 2 aromatic rings. The van der Waals surface area contributed by atoms with Crippen LogP contribution in [0.1, 0.15) is 67.8 Å². The Bertz CT molecular complexity index is 977. The maximum Gasteiger partial charge on any atom is 0.227 e. The number of hydrogen-bond acceptors (Lipinski definition) is 5. The number of carbonyl (C=O) groups excluding carboxylic acids is 2. The molecule has 1 aromatic carbocycles. The van der Waals surface area contributed by atoms with Gasteiger partial charge in [-0.3, -0.25) is 9.59 Å². The molecule has 1 aromatic heterocycles. The van der Waals surface area contributed by atoms with Gasteiger partial charge < -0.3 is 14.7 Å². The Kier molecular flexibility index (Phi) is 4.83. The molecule has 2 aliphatic carbocycles. The second-order valence-electron chi connectivity index (χ2n) is 8.98. The predicted octanol–water partition coefficient (Wildman–Crippen LogP) is 3.20. The number of amides is 2. The molecule has 7 nitrogen and oxygen atoms in total. The Labute approximate surface area is 176 Å². The van der Waals surface area contributed by atoms with Crippen LogP contribution in [0, 0.1) is 12.8 Å². The van der Waals surface area contributed by atoms with Crippen LogP contribution in [0.4, 0.5) is 5.69 Å². The van der Waals surface area contributed by atoms with Gasteiger partial charge >= 0.3 is 0 Å². The molecule has 0 bridgehead atoms. The SMILES string of the molecule is Cc1nc(C2(NC(=O)[C@@H]3CC(=O)N(c4ccc5c(c4)CCC5)C3)CCCCC2)no1. The van der Waals surface area contributed by atoms with Gasteiger partial charge in [0, 0.05) is 25.6 Å². The first-order valence-corrected chi connectivity index (χ1v) is 11.1. The molecular formula is C23H28N4O3. The molecule has 1 saturated heterocycles. The number of benzene rings is 1. The van der Waals surface area contributed by atoms with E-state index in [9.17, 15) is 9.59 Å².